The lowest BCUT2D eigenvalue weighted by Crippen LogP contribution is -2.60. The van der Waals surface area contributed by atoms with Crippen LogP contribution in [0.1, 0.15) is 38.2 Å². The van der Waals surface area contributed by atoms with Gasteiger partial charge < -0.3 is 9.80 Å². The van der Waals surface area contributed by atoms with Crippen molar-refractivity contribution in [2.45, 2.75) is 45.1 Å². The van der Waals surface area contributed by atoms with Crippen LogP contribution in [0.25, 0.3) is 11.1 Å². The first kappa shape index (κ1) is 19.6. The highest BCUT2D eigenvalue weighted by molar-refractivity contribution is 5.90. The summed E-state index contributed by atoms with van der Waals surface area (Å²) in [4.78, 5) is 34.2. The van der Waals surface area contributed by atoms with Crippen molar-refractivity contribution in [3.63, 3.8) is 0 Å². The third-order valence-electron chi connectivity index (χ3n) is 6.32. The van der Waals surface area contributed by atoms with E-state index in [4.69, 9.17) is 0 Å². The number of pyridine rings is 1. The van der Waals surface area contributed by atoms with Gasteiger partial charge in [0, 0.05) is 44.4 Å². The van der Waals surface area contributed by atoms with E-state index in [0.717, 1.165) is 42.4 Å². The molecule has 152 valence electrons. The molecule has 0 radical (unpaired) electrons. The van der Waals surface area contributed by atoms with Gasteiger partial charge in [0.25, 0.3) is 0 Å². The van der Waals surface area contributed by atoms with E-state index in [-0.39, 0.29) is 17.7 Å². The molecule has 1 saturated carbocycles. The predicted molar refractivity (Wildman–Crippen MR) is 113 cm³/mol. The van der Waals surface area contributed by atoms with E-state index in [2.05, 4.69) is 23.2 Å². The van der Waals surface area contributed by atoms with Crippen LogP contribution in [0.2, 0.25) is 0 Å². The molecule has 1 aromatic heterocycles. The lowest BCUT2D eigenvalue weighted by atomic mass is 9.96. The molecule has 2 amide bonds. The molecule has 0 spiro atoms. The van der Waals surface area contributed by atoms with Gasteiger partial charge in [-0.2, -0.15) is 0 Å². The Bertz CT molecular complexity index is 861. The summed E-state index contributed by atoms with van der Waals surface area (Å²) in [5.74, 6) is 0.364. The minimum atomic E-state index is -0.399. The second kappa shape index (κ2) is 8.76. The number of nitrogens with zero attached hydrogens (tertiary/aromatic N) is 3. The summed E-state index contributed by atoms with van der Waals surface area (Å²) in [6, 6.07) is 11.9. The van der Waals surface area contributed by atoms with Gasteiger partial charge in [-0.15, -0.1) is 0 Å². The fourth-order valence-corrected chi connectivity index (χ4v) is 4.67. The summed E-state index contributed by atoms with van der Waals surface area (Å²) in [5, 5.41) is 0. The zero-order chi connectivity index (χ0) is 20.2. The second-order valence-electron chi connectivity index (χ2n) is 8.09. The maximum atomic E-state index is 13.2. The number of rotatable bonds is 5. The van der Waals surface area contributed by atoms with E-state index in [9.17, 15) is 9.59 Å². The van der Waals surface area contributed by atoms with Gasteiger partial charge in [0.2, 0.25) is 11.8 Å². The van der Waals surface area contributed by atoms with E-state index in [1.165, 1.54) is 0 Å². The molecule has 0 bridgehead atoms. The molecule has 5 heteroatoms. The molecule has 2 fully saturated rings. The van der Waals surface area contributed by atoms with E-state index < -0.39 is 6.04 Å². The van der Waals surface area contributed by atoms with Crippen molar-refractivity contribution in [1.29, 1.82) is 0 Å². The molecule has 2 aliphatic rings. The van der Waals surface area contributed by atoms with Gasteiger partial charge in [0.15, 0.2) is 0 Å². The Morgan fingerprint density at radius 3 is 2.55 bits per heavy atom. The topological polar surface area (TPSA) is 53.5 Å². The Kier molecular flexibility index (Phi) is 5.93. The average molecular weight is 392 g/mol. The first-order valence-corrected chi connectivity index (χ1v) is 10.8. The first-order valence-electron chi connectivity index (χ1n) is 10.8. The molecule has 2 heterocycles. The van der Waals surface area contributed by atoms with Crippen molar-refractivity contribution in [3.8, 4) is 11.1 Å². The summed E-state index contributed by atoms with van der Waals surface area (Å²) in [5.41, 5.74) is 3.29. The monoisotopic (exact) mass is 391 g/mol. The van der Waals surface area contributed by atoms with Gasteiger partial charge in [-0.1, -0.05) is 37.1 Å². The van der Waals surface area contributed by atoms with E-state index >= 15 is 0 Å². The minimum absolute atomic E-state index is 0.0828. The van der Waals surface area contributed by atoms with Crippen molar-refractivity contribution in [1.82, 2.24) is 14.8 Å². The molecular weight excluding hydrogens is 362 g/mol. The summed E-state index contributed by atoms with van der Waals surface area (Å²) >= 11 is 0. The third-order valence-corrected chi connectivity index (χ3v) is 6.32. The van der Waals surface area contributed by atoms with Crippen molar-refractivity contribution in [2.75, 3.05) is 19.6 Å². The van der Waals surface area contributed by atoms with Crippen LogP contribution in [-0.4, -0.2) is 52.3 Å². The zero-order valence-electron chi connectivity index (χ0n) is 17.1. The Morgan fingerprint density at radius 2 is 1.83 bits per heavy atom. The van der Waals surface area contributed by atoms with Gasteiger partial charge in [0.1, 0.15) is 6.04 Å². The average Bonchev–Trinajstić information content (AvgIpc) is 3.30. The SMILES string of the molecule is CCN1CCN(C(=O)C2CCCC2)C(Cc2cccc(-c3ccncc3)c2)C1=O. The van der Waals surface area contributed by atoms with Crippen LogP contribution in [0.15, 0.2) is 48.8 Å². The van der Waals surface area contributed by atoms with Crippen LogP contribution in [0, 0.1) is 5.92 Å². The van der Waals surface area contributed by atoms with Crippen LogP contribution >= 0.6 is 0 Å². The third kappa shape index (κ3) is 4.19. The molecule has 1 saturated heterocycles. The smallest absolute Gasteiger partial charge is 0.245 e. The highest BCUT2D eigenvalue weighted by Crippen LogP contribution is 2.29. The number of carbonyl (C=O) groups excluding carboxylic acids is 2. The lowest BCUT2D eigenvalue weighted by Gasteiger charge is -2.41. The zero-order valence-corrected chi connectivity index (χ0v) is 17.1. The highest BCUT2D eigenvalue weighted by atomic mass is 16.2. The fraction of sp³-hybridized carbons (Fsp3) is 0.458. The molecule has 1 aliphatic heterocycles. The van der Waals surface area contributed by atoms with Gasteiger partial charge in [-0.25, -0.2) is 0 Å². The molecule has 1 aromatic carbocycles. The minimum Gasteiger partial charge on any atom is -0.339 e. The van der Waals surface area contributed by atoms with Crippen molar-refractivity contribution in [3.05, 3.63) is 54.4 Å². The van der Waals surface area contributed by atoms with Crippen LogP contribution in [0.5, 0.6) is 0 Å². The van der Waals surface area contributed by atoms with Gasteiger partial charge in [0.05, 0.1) is 0 Å². The Balaban J connectivity index is 1.59. The Morgan fingerprint density at radius 1 is 1.07 bits per heavy atom. The Hall–Kier alpha value is -2.69. The number of amides is 2. The van der Waals surface area contributed by atoms with E-state index in [0.29, 0.717) is 26.1 Å². The number of hydrogen-bond acceptors (Lipinski definition) is 3. The Labute approximate surface area is 172 Å². The first-order chi connectivity index (χ1) is 14.2. The molecular formula is C24H29N3O2. The number of likely N-dealkylation sites (N-methyl/N-ethyl adjacent to an activating group) is 1. The van der Waals surface area contributed by atoms with Gasteiger partial charge in [-0.3, -0.25) is 14.6 Å². The standard InChI is InChI=1S/C24H29N3O2/c1-2-26-14-15-27(23(28)20-7-3-4-8-20)22(24(26)29)17-18-6-5-9-21(16-18)19-10-12-25-13-11-19/h5-6,9-13,16,20,22H,2-4,7-8,14-15,17H2,1H3. The molecule has 4 rings (SSSR count). The van der Waals surface area contributed by atoms with Crippen LogP contribution in [0.3, 0.4) is 0 Å². The van der Waals surface area contributed by atoms with Gasteiger partial charge in [-0.05, 0) is 48.6 Å². The molecule has 29 heavy (non-hydrogen) atoms. The number of benzene rings is 1. The van der Waals surface area contributed by atoms with E-state index in [1.807, 2.05) is 34.9 Å². The maximum Gasteiger partial charge on any atom is 0.245 e. The quantitative estimate of drug-likeness (QED) is 0.783. The number of hydrogen-bond donors (Lipinski definition) is 0. The van der Waals surface area contributed by atoms with Crippen molar-refractivity contribution in [2.24, 2.45) is 5.92 Å². The number of carbonyl (C=O) groups is 2. The largest absolute Gasteiger partial charge is 0.339 e. The maximum absolute atomic E-state index is 13.2. The summed E-state index contributed by atoms with van der Waals surface area (Å²) in [6.45, 7) is 3.98. The lowest BCUT2D eigenvalue weighted by molar-refractivity contribution is -0.153. The molecule has 1 atom stereocenters. The van der Waals surface area contributed by atoms with Crippen molar-refractivity contribution < 1.29 is 9.59 Å². The number of piperazine rings is 1. The molecule has 2 aromatic rings. The normalized spacial score (nSPS) is 20.3. The van der Waals surface area contributed by atoms with Crippen LogP contribution in [-0.2, 0) is 16.0 Å². The summed E-state index contributed by atoms with van der Waals surface area (Å²) in [7, 11) is 0. The molecule has 1 unspecified atom stereocenters. The predicted octanol–water partition coefficient (Wildman–Crippen LogP) is 3.54. The molecule has 0 N–H and O–H groups in total. The van der Waals surface area contributed by atoms with Crippen LogP contribution in [0.4, 0.5) is 0 Å². The van der Waals surface area contributed by atoms with Crippen molar-refractivity contribution >= 4 is 11.8 Å². The highest BCUT2D eigenvalue weighted by Gasteiger charge is 2.39. The number of aromatic nitrogens is 1. The van der Waals surface area contributed by atoms with Gasteiger partial charge >= 0.3 is 0 Å². The summed E-state index contributed by atoms with van der Waals surface area (Å²) in [6.07, 6.45) is 8.31. The fourth-order valence-electron chi connectivity index (χ4n) is 4.67. The molecule has 1 aliphatic carbocycles. The molecule has 5 nitrogen and oxygen atoms in total. The van der Waals surface area contributed by atoms with E-state index in [1.54, 1.807) is 12.4 Å². The van der Waals surface area contributed by atoms with Crippen LogP contribution < -0.4 is 0 Å². The second-order valence-corrected chi connectivity index (χ2v) is 8.09. The summed E-state index contributed by atoms with van der Waals surface area (Å²) < 4.78 is 0.